The second-order valence-electron chi connectivity index (χ2n) is 1.92. The Morgan fingerprint density at radius 1 is 1.22 bits per heavy atom. The van der Waals surface area contributed by atoms with E-state index < -0.39 is 0 Å². The van der Waals surface area contributed by atoms with Gasteiger partial charge >= 0.3 is 0 Å². The first-order chi connectivity index (χ1) is 4.43. The van der Waals surface area contributed by atoms with Gasteiger partial charge < -0.3 is 4.12 Å². The van der Waals surface area contributed by atoms with Crippen LogP contribution < -0.4 is 5.19 Å². The predicted molar refractivity (Wildman–Crippen MR) is 45.6 cm³/mol. The van der Waals surface area contributed by atoms with Gasteiger partial charge in [0.2, 0.25) is 0 Å². The van der Waals surface area contributed by atoms with Crippen LogP contribution in [-0.4, -0.2) is 20.2 Å². The van der Waals surface area contributed by atoms with Gasteiger partial charge in [-0.15, -0.1) is 0 Å². The van der Waals surface area contributed by atoms with E-state index in [1.165, 1.54) is 5.19 Å². The van der Waals surface area contributed by atoms with Gasteiger partial charge in [0.1, 0.15) is 10.5 Å². The topological polar surface area (TPSA) is 9.23 Å². The smallest absolute Gasteiger partial charge is 0.178 e. The maximum absolute atomic E-state index is 5.21. The molecule has 9 heavy (non-hydrogen) atoms. The van der Waals surface area contributed by atoms with Crippen LogP contribution in [0.1, 0.15) is 0 Å². The van der Waals surface area contributed by atoms with Gasteiger partial charge in [0.25, 0.3) is 0 Å². The lowest BCUT2D eigenvalue weighted by Crippen LogP contribution is -2.14. The zero-order valence-corrected chi connectivity index (χ0v) is 8.92. The van der Waals surface area contributed by atoms with Crippen molar-refractivity contribution in [2.24, 2.45) is 0 Å². The van der Waals surface area contributed by atoms with Crippen LogP contribution in [0.2, 0.25) is 0 Å². The molecule has 0 unspecified atom stereocenters. The molecule has 0 amide bonds. The molecule has 1 rings (SSSR count). The van der Waals surface area contributed by atoms with E-state index in [1.54, 1.807) is 0 Å². The number of hydrogen-bond donors (Lipinski definition) is 0. The Bertz CT molecular complexity index is 164. The standard InChI is InChI=1S/C6H10OSi2/c8-7-9-6-4-2-1-3-5-6/h1-5H,9H2,8H3. The van der Waals surface area contributed by atoms with Gasteiger partial charge in [-0.3, -0.25) is 0 Å². The van der Waals surface area contributed by atoms with E-state index in [1.807, 2.05) is 6.07 Å². The number of benzene rings is 1. The molecule has 3 heteroatoms. The van der Waals surface area contributed by atoms with Crippen LogP contribution in [0, 0.1) is 0 Å². The van der Waals surface area contributed by atoms with E-state index in [0.29, 0.717) is 0 Å². The highest BCUT2D eigenvalue weighted by Gasteiger charge is 1.86. The lowest BCUT2D eigenvalue weighted by molar-refractivity contribution is 0.676. The molecule has 0 saturated heterocycles. The van der Waals surface area contributed by atoms with Crippen LogP contribution in [0.3, 0.4) is 0 Å². The molecule has 48 valence electrons. The summed E-state index contributed by atoms with van der Waals surface area (Å²) in [4.78, 5) is 0. The van der Waals surface area contributed by atoms with E-state index in [-0.39, 0.29) is 9.76 Å². The third-order valence-corrected chi connectivity index (χ3v) is 3.11. The van der Waals surface area contributed by atoms with Crippen LogP contribution in [0.25, 0.3) is 0 Å². The van der Waals surface area contributed by atoms with Gasteiger partial charge in [-0.2, -0.15) is 0 Å². The first-order valence-electron chi connectivity index (χ1n) is 2.96. The molecule has 0 saturated carbocycles. The summed E-state index contributed by atoms with van der Waals surface area (Å²) in [5.74, 6) is 0. The summed E-state index contributed by atoms with van der Waals surface area (Å²) < 4.78 is 5.21. The zero-order chi connectivity index (χ0) is 6.53. The molecular weight excluding hydrogens is 144 g/mol. The molecule has 0 spiro atoms. The Morgan fingerprint density at radius 2 is 1.89 bits per heavy atom. The SMILES string of the molecule is [SiH3]O[SiH2]c1ccccc1. The van der Waals surface area contributed by atoms with Gasteiger partial charge in [0.15, 0.2) is 9.76 Å². The molecule has 1 nitrogen and oxygen atoms in total. The molecule has 0 aliphatic heterocycles. The van der Waals surface area contributed by atoms with Crippen molar-refractivity contribution < 1.29 is 4.12 Å². The minimum absolute atomic E-state index is 0.339. The average Bonchev–Trinajstić information content (AvgIpc) is 1.91. The first kappa shape index (κ1) is 6.73. The van der Waals surface area contributed by atoms with Gasteiger partial charge in [0.05, 0.1) is 0 Å². The average molecular weight is 154 g/mol. The molecule has 1 aromatic carbocycles. The summed E-state index contributed by atoms with van der Waals surface area (Å²) in [5, 5.41) is 1.40. The monoisotopic (exact) mass is 154 g/mol. The summed E-state index contributed by atoms with van der Waals surface area (Å²) in [6, 6.07) is 10.4. The van der Waals surface area contributed by atoms with Gasteiger partial charge in [-0.25, -0.2) is 0 Å². The third kappa shape index (κ3) is 2.13. The van der Waals surface area contributed by atoms with E-state index in [4.69, 9.17) is 4.12 Å². The molecule has 0 aliphatic carbocycles. The van der Waals surface area contributed by atoms with Crippen molar-refractivity contribution in [3.05, 3.63) is 30.3 Å². The lowest BCUT2D eigenvalue weighted by atomic mass is 10.4. The van der Waals surface area contributed by atoms with E-state index in [9.17, 15) is 0 Å². The fourth-order valence-corrected chi connectivity index (χ4v) is 2.54. The highest BCUT2D eigenvalue weighted by Crippen LogP contribution is 1.79. The molecule has 0 N–H and O–H groups in total. The molecular formula is C6H10OSi2. The van der Waals surface area contributed by atoms with Crippen molar-refractivity contribution in [3.8, 4) is 0 Å². The number of rotatable bonds is 2. The summed E-state index contributed by atoms with van der Waals surface area (Å²) in [5.41, 5.74) is 0. The minimum atomic E-state index is -0.339. The van der Waals surface area contributed by atoms with Crippen molar-refractivity contribution in [1.82, 2.24) is 0 Å². The van der Waals surface area contributed by atoms with Crippen molar-refractivity contribution in [2.75, 3.05) is 0 Å². The maximum atomic E-state index is 5.21. The molecule has 0 aromatic heterocycles. The van der Waals surface area contributed by atoms with Crippen LogP contribution in [0.4, 0.5) is 0 Å². The lowest BCUT2D eigenvalue weighted by Gasteiger charge is -1.94. The first-order valence-corrected chi connectivity index (χ1v) is 5.06. The Hall–Kier alpha value is -0.386. The van der Waals surface area contributed by atoms with Crippen LogP contribution >= 0.6 is 0 Å². The fraction of sp³-hybridized carbons (Fsp3) is 0. The molecule has 0 aliphatic rings. The highest BCUT2D eigenvalue weighted by atomic mass is 28.3. The molecule has 1 aromatic rings. The maximum Gasteiger partial charge on any atom is 0.178 e. The Labute approximate surface area is 60.5 Å². The van der Waals surface area contributed by atoms with Crippen LogP contribution in [0.15, 0.2) is 30.3 Å². The molecule has 0 radical (unpaired) electrons. The van der Waals surface area contributed by atoms with E-state index in [0.717, 1.165) is 10.5 Å². The van der Waals surface area contributed by atoms with Crippen molar-refractivity contribution in [2.45, 2.75) is 0 Å². The third-order valence-electron chi connectivity index (χ3n) is 1.15. The zero-order valence-electron chi connectivity index (χ0n) is 5.50. The van der Waals surface area contributed by atoms with Gasteiger partial charge in [-0.1, -0.05) is 30.3 Å². The minimum Gasteiger partial charge on any atom is -0.465 e. The number of hydrogen-bond acceptors (Lipinski definition) is 1. The normalized spacial score (nSPS) is 11.1. The van der Waals surface area contributed by atoms with Gasteiger partial charge in [-0.05, 0) is 5.19 Å². The summed E-state index contributed by atoms with van der Waals surface area (Å²) in [6.07, 6.45) is 0. The quantitative estimate of drug-likeness (QED) is 0.481. The highest BCUT2D eigenvalue weighted by molar-refractivity contribution is 6.50. The molecule has 0 bridgehead atoms. The van der Waals surface area contributed by atoms with Crippen molar-refractivity contribution in [3.63, 3.8) is 0 Å². The summed E-state index contributed by atoms with van der Waals surface area (Å²) in [6.45, 7) is 0. The van der Waals surface area contributed by atoms with Crippen LogP contribution in [-0.2, 0) is 4.12 Å². The largest absolute Gasteiger partial charge is 0.465 e. The van der Waals surface area contributed by atoms with Crippen molar-refractivity contribution in [1.29, 1.82) is 0 Å². The van der Waals surface area contributed by atoms with E-state index in [2.05, 4.69) is 24.3 Å². The second kappa shape index (κ2) is 3.60. The van der Waals surface area contributed by atoms with Crippen LogP contribution in [0.5, 0.6) is 0 Å². The van der Waals surface area contributed by atoms with Crippen molar-refractivity contribution >= 4 is 25.4 Å². The molecule has 0 atom stereocenters. The second-order valence-corrected chi connectivity index (χ2v) is 5.33. The Kier molecular flexibility index (Phi) is 2.69. The van der Waals surface area contributed by atoms with E-state index >= 15 is 0 Å². The fourth-order valence-electron chi connectivity index (χ4n) is 0.741. The Balaban J connectivity index is 2.61. The summed E-state index contributed by atoms with van der Waals surface area (Å²) >= 11 is 0. The Morgan fingerprint density at radius 3 is 2.44 bits per heavy atom. The van der Waals surface area contributed by atoms with Gasteiger partial charge in [0, 0.05) is 0 Å². The predicted octanol–water partition coefficient (Wildman–Crippen LogP) is -1.31. The molecule has 0 fully saturated rings. The molecule has 0 heterocycles. The summed E-state index contributed by atoms with van der Waals surface area (Å²) in [7, 11) is 0.546.